The number of hydrogen-bond donors (Lipinski definition) is 1. The Kier molecular flexibility index (Phi) is 7.81. The Morgan fingerprint density at radius 3 is 2.59 bits per heavy atom. The van der Waals surface area contributed by atoms with Gasteiger partial charge in [-0.15, -0.1) is 11.3 Å². The number of hydrogen-bond acceptors (Lipinski definition) is 7. The topological polar surface area (TPSA) is 75.7 Å². The van der Waals surface area contributed by atoms with E-state index in [1.165, 1.54) is 23.1 Å². The Balaban J connectivity index is 1.93. The summed E-state index contributed by atoms with van der Waals surface area (Å²) in [6.07, 6.45) is 1.49. The van der Waals surface area contributed by atoms with Crippen molar-refractivity contribution in [2.75, 3.05) is 18.5 Å². The molecule has 1 aliphatic heterocycles. The molecule has 0 radical (unpaired) electrons. The molecule has 0 saturated carbocycles. The summed E-state index contributed by atoms with van der Waals surface area (Å²) in [5.74, 6) is -0.591. The van der Waals surface area contributed by atoms with E-state index in [0.29, 0.717) is 27.9 Å². The van der Waals surface area contributed by atoms with Gasteiger partial charge < -0.3 is 10.1 Å². The van der Waals surface area contributed by atoms with Crippen molar-refractivity contribution < 1.29 is 19.1 Å². The maximum atomic E-state index is 12.3. The van der Waals surface area contributed by atoms with Gasteiger partial charge in [0.2, 0.25) is 11.8 Å². The summed E-state index contributed by atoms with van der Waals surface area (Å²) in [5, 5.41) is 3.23. The predicted octanol–water partition coefficient (Wildman–Crippen LogP) is 3.90. The fraction of sp³-hybridized carbons (Fsp3) is 0.556. The molecule has 2 amide bonds. The van der Waals surface area contributed by atoms with Gasteiger partial charge >= 0.3 is 5.97 Å². The molecule has 1 aromatic rings. The minimum absolute atomic E-state index is 0.0296. The highest BCUT2D eigenvalue weighted by Gasteiger charge is 2.35. The fourth-order valence-electron chi connectivity index (χ4n) is 2.71. The summed E-state index contributed by atoms with van der Waals surface area (Å²) in [6, 6.07) is 0. The Hall–Kier alpha value is -1.45. The SMILES string of the molecule is CCOC(=O)c1c(NC(=O)CCCN2C(=O)C(CC)SC2=S)sc(C)c1C. The summed E-state index contributed by atoms with van der Waals surface area (Å²) in [4.78, 5) is 39.3. The van der Waals surface area contributed by atoms with Gasteiger partial charge in [-0.2, -0.15) is 0 Å². The van der Waals surface area contributed by atoms with E-state index in [0.717, 1.165) is 16.9 Å². The highest BCUT2D eigenvalue weighted by molar-refractivity contribution is 8.24. The number of anilines is 1. The standard InChI is InChI=1S/C18H24N2O4S3/c1-5-12-16(22)20(18(25)27-12)9-7-8-13(21)19-15-14(17(23)24-6-2)10(3)11(4)26-15/h12H,5-9H2,1-4H3,(H,19,21). The highest BCUT2D eigenvalue weighted by Crippen LogP contribution is 2.33. The van der Waals surface area contributed by atoms with Crippen molar-refractivity contribution in [1.82, 2.24) is 4.90 Å². The van der Waals surface area contributed by atoms with Crippen molar-refractivity contribution >= 4 is 62.4 Å². The zero-order chi connectivity index (χ0) is 20.1. The van der Waals surface area contributed by atoms with Crippen molar-refractivity contribution in [2.45, 2.75) is 52.2 Å². The Morgan fingerprint density at radius 2 is 2.00 bits per heavy atom. The zero-order valence-electron chi connectivity index (χ0n) is 15.9. The lowest BCUT2D eigenvalue weighted by molar-refractivity contribution is -0.126. The van der Waals surface area contributed by atoms with E-state index in [1.807, 2.05) is 20.8 Å². The first-order chi connectivity index (χ1) is 12.8. The minimum Gasteiger partial charge on any atom is -0.462 e. The number of carbonyl (C=O) groups excluding carboxylic acids is 3. The largest absolute Gasteiger partial charge is 0.462 e. The van der Waals surface area contributed by atoms with Gasteiger partial charge in [-0.25, -0.2) is 4.79 Å². The smallest absolute Gasteiger partial charge is 0.341 e. The maximum absolute atomic E-state index is 12.3. The first-order valence-corrected chi connectivity index (χ1v) is 11.0. The van der Waals surface area contributed by atoms with E-state index in [1.54, 1.807) is 11.8 Å². The van der Waals surface area contributed by atoms with E-state index in [-0.39, 0.29) is 30.1 Å². The summed E-state index contributed by atoms with van der Waals surface area (Å²) in [6.45, 7) is 8.16. The van der Waals surface area contributed by atoms with Crippen molar-refractivity contribution in [3.05, 3.63) is 16.0 Å². The third-order valence-electron chi connectivity index (χ3n) is 4.28. The van der Waals surface area contributed by atoms with Crippen molar-refractivity contribution in [1.29, 1.82) is 0 Å². The summed E-state index contributed by atoms with van der Waals surface area (Å²) in [5.41, 5.74) is 1.25. The molecule has 27 heavy (non-hydrogen) atoms. The highest BCUT2D eigenvalue weighted by atomic mass is 32.2. The van der Waals surface area contributed by atoms with Crippen molar-refractivity contribution in [2.24, 2.45) is 0 Å². The third kappa shape index (κ3) is 5.08. The molecular formula is C18H24N2O4S3. The van der Waals surface area contributed by atoms with Crippen LogP contribution in [0.5, 0.6) is 0 Å². The molecule has 1 fully saturated rings. The van der Waals surface area contributed by atoms with Crippen LogP contribution in [-0.4, -0.2) is 45.4 Å². The van der Waals surface area contributed by atoms with Crippen LogP contribution in [0.1, 0.15) is 53.9 Å². The average molecular weight is 429 g/mol. The normalized spacial score (nSPS) is 16.7. The summed E-state index contributed by atoms with van der Waals surface area (Å²) < 4.78 is 5.68. The number of thiocarbonyl (C=S) groups is 1. The Morgan fingerprint density at radius 1 is 1.30 bits per heavy atom. The number of thioether (sulfide) groups is 1. The third-order valence-corrected chi connectivity index (χ3v) is 7.15. The first-order valence-electron chi connectivity index (χ1n) is 8.89. The van der Waals surface area contributed by atoms with Crippen LogP contribution in [0, 0.1) is 13.8 Å². The van der Waals surface area contributed by atoms with Crippen LogP contribution in [-0.2, 0) is 14.3 Å². The quantitative estimate of drug-likeness (QED) is 0.500. The predicted molar refractivity (Wildman–Crippen MR) is 114 cm³/mol. The minimum atomic E-state index is -0.426. The van der Waals surface area contributed by atoms with Gasteiger partial charge in [0.1, 0.15) is 9.32 Å². The number of nitrogens with one attached hydrogen (secondary N) is 1. The van der Waals surface area contributed by atoms with E-state index < -0.39 is 5.97 Å². The molecule has 1 unspecified atom stereocenters. The zero-order valence-corrected chi connectivity index (χ0v) is 18.4. The van der Waals surface area contributed by atoms with Gasteiger partial charge in [0, 0.05) is 17.8 Å². The van der Waals surface area contributed by atoms with Crippen LogP contribution in [0.2, 0.25) is 0 Å². The maximum Gasteiger partial charge on any atom is 0.341 e. The molecule has 9 heteroatoms. The molecular weight excluding hydrogens is 404 g/mol. The van der Waals surface area contributed by atoms with Crippen LogP contribution in [0.3, 0.4) is 0 Å². The number of ether oxygens (including phenoxy) is 1. The van der Waals surface area contributed by atoms with Crippen LogP contribution >= 0.6 is 35.3 Å². The first kappa shape index (κ1) is 21.8. The van der Waals surface area contributed by atoms with Gasteiger partial charge in [-0.3, -0.25) is 14.5 Å². The van der Waals surface area contributed by atoms with Crippen LogP contribution in [0.25, 0.3) is 0 Å². The Bertz CT molecular complexity index is 760. The number of aryl methyl sites for hydroxylation is 1. The molecule has 2 rings (SSSR count). The summed E-state index contributed by atoms with van der Waals surface area (Å²) >= 11 is 8.03. The van der Waals surface area contributed by atoms with Crippen LogP contribution in [0.15, 0.2) is 0 Å². The number of thiophene rings is 1. The molecule has 0 aliphatic carbocycles. The molecule has 148 valence electrons. The molecule has 0 aromatic carbocycles. The van der Waals surface area contributed by atoms with Crippen LogP contribution < -0.4 is 5.32 Å². The number of nitrogens with zero attached hydrogens (tertiary/aromatic N) is 1. The molecule has 1 atom stereocenters. The second-order valence-corrected chi connectivity index (χ2v) is 9.19. The molecule has 1 N–H and O–H groups in total. The second kappa shape index (κ2) is 9.66. The molecule has 0 bridgehead atoms. The molecule has 1 aliphatic rings. The van der Waals surface area contributed by atoms with E-state index in [9.17, 15) is 14.4 Å². The van der Waals surface area contributed by atoms with Gasteiger partial charge in [0.15, 0.2) is 0 Å². The molecule has 6 nitrogen and oxygen atoms in total. The lowest BCUT2D eigenvalue weighted by atomic mass is 10.1. The lowest BCUT2D eigenvalue weighted by Gasteiger charge is -2.15. The van der Waals surface area contributed by atoms with E-state index in [4.69, 9.17) is 17.0 Å². The van der Waals surface area contributed by atoms with Crippen molar-refractivity contribution in [3.63, 3.8) is 0 Å². The monoisotopic (exact) mass is 428 g/mol. The van der Waals surface area contributed by atoms with Gasteiger partial charge in [-0.1, -0.05) is 30.9 Å². The van der Waals surface area contributed by atoms with Crippen LogP contribution in [0.4, 0.5) is 5.00 Å². The van der Waals surface area contributed by atoms with Gasteiger partial charge in [0.05, 0.1) is 17.4 Å². The van der Waals surface area contributed by atoms with E-state index >= 15 is 0 Å². The number of amides is 2. The molecule has 1 saturated heterocycles. The molecule has 2 heterocycles. The lowest BCUT2D eigenvalue weighted by Crippen LogP contribution is -2.32. The second-order valence-electron chi connectivity index (χ2n) is 6.13. The average Bonchev–Trinajstić information content (AvgIpc) is 3.04. The fourth-order valence-corrected chi connectivity index (χ4v) is 5.25. The Labute approximate surface area is 173 Å². The molecule has 1 aromatic heterocycles. The summed E-state index contributed by atoms with van der Waals surface area (Å²) in [7, 11) is 0. The number of rotatable bonds is 8. The van der Waals surface area contributed by atoms with Gasteiger partial charge in [-0.05, 0) is 39.2 Å². The van der Waals surface area contributed by atoms with Gasteiger partial charge in [0.25, 0.3) is 0 Å². The van der Waals surface area contributed by atoms with E-state index in [2.05, 4.69) is 5.32 Å². The number of esters is 1. The number of carbonyl (C=O) groups is 3. The van der Waals surface area contributed by atoms with Crippen molar-refractivity contribution in [3.8, 4) is 0 Å². The molecule has 0 spiro atoms.